The molecule has 7 heteroatoms. The molecule has 1 aromatic carbocycles. The lowest BCUT2D eigenvalue weighted by Gasteiger charge is -2.07. The number of Topliss-reactive ketones (excluding diaryl/α,β-unsaturated/α-hetero) is 1. The molecule has 0 unspecified atom stereocenters. The first-order valence-electron chi connectivity index (χ1n) is 4.50. The van der Waals surface area contributed by atoms with E-state index in [4.69, 9.17) is 10.2 Å². The SMILES string of the molecule is CNC(=O)c1cc(F)c(C(=O)C(O)O)c(F)c1. The molecule has 1 aromatic rings. The molecule has 0 fully saturated rings. The van der Waals surface area contributed by atoms with Gasteiger partial charge in [0.25, 0.3) is 5.91 Å². The zero-order valence-corrected chi connectivity index (χ0v) is 8.70. The molecule has 0 saturated heterocycles. The molecular weight excluding hydrogens is 236 g/mol. The van der Waals surface area contributed by atoms with Crippen LogP contribution in [0.25, 0.3) is 0 Å². The normalized spacial score (nSPS) is 10.5. The number of aliphatic hydroxyl groups is 2. The van der Waals surface area contributed by atoms with Gasteiger partial charge in [0.2, 0.25) is 12.1 Å². The molecule has 17 heavy (non-hydrogen) atoms. The molecule has 92 valence electrons. The van der Waals surface area contributed by atoms with E-state index in [1.165, 1.54) is 7.05 Å². The molecule has 5 nitrogen and oxygen atoms in total. The third kappa shape index (κ3) is 2.63. The van der Waals surface area contributed by atoms with E-state index in [0.29, 0.717) is 12.1 Å². The van der Waals surface area contributed by atoms with Crippen LogP contribution in [-0.4, -0.2) is 35.2 Å². The number of benzene rings is 1. The van der Waals surface area contributed by atoms with Gasteiger partial charge in [-0.2, -0.15) is 0 Å². The van der Waals surface area contributed by atoms with Crippen molar-refractivity contribution >= 4 is 11.7 Å². The Labute approximate surface area is 94.7 Å². The highest BCUT2D eigenvalue weighted by molar-refractivity contribution is 6.00. The van der Waals surface area contributed by atoms with E-state index >= 15 is 0 Å². The fourth-order valence-electron chi connectivity index (χ4n) is 1.21. The van der Waals surface area contributed by atoms with Crippen molar-refractivity contribution in [1.82, 2.24) is 5.32 Å². The molecule has 0 aliphatic rings. The topological polar surface area (TPSA) is 86.6 Å². The van der Waals surface area contributed by atoms with E-state index in [9.17, 15) is 18.4 Å². The van der Waals surface area contributed by atoms with E-state index < -0.39 is 35.2 Å². The molecule has 0 aromatic heterocycles. The van der Waals surface area contributed by atoms with Crippen LogP contribution in [0.3, 0.4) is 0 Å². The quantitative estimate of drug-likeness (QED) is 0.509. The van der Waals surface area contributed by atoms with E-state index in [1.807, 2.05) is 0 Å². The van der Waals surface area contributed by atoms with Crippen LogP contribution in [0, 0.1) is 11.6 Å². The average Bonchev–Trinajstić information content (AvgIpc) is 2.26. The number of hydrogen-bond donors (Lipinski definition) is 3. The number of carbonyl (C=O) groups excluding carboxylic acids is 2. The molecule has 0 radical (unpaired) electrons. The van der Waals surface area contributed by atoms with Crippen molar-refractivity contribution in [3.63, 3.8) is 0 Å². The fourth-order valence-corrected chi connectivity index (χ4v) is 1.21. The van der Waals surface area contributed by atoms with E-state index in [1.54, 1.807) is 0 Å². The summed E-state index contributed by atoms with van der Waals surface area (Å²) in [5, 5.41) is 19.2. The molecule has 0 aliphatic carbocycles. The lowest BCUT2D eigenvalue weighted by Crippen LogP contribution is -2.23. The van der Waals surface area contributed by atoms with Gasteiger partial charge in [-0.05, 0) is 12.1 Å². The number of ketones is 1. The van der Waals surface area contributed by atoms with E-state index in [0.717, 1.165) is 0 Å². The number of halogens is 2. The van der Waals surface area contributed by atoms with Crippen LogP contribution in [0.1, 0.15) is 20.7 Å². The van der Waals surface area contributed by atoms with Crippen molar-refractivity contribution in [1.29, 1.82) is 0 Å². The Morgan fingerprint density at radius 3 is 2.06 bits per heavy atom. The van der Waals surface area contributed by atoms with Gasteiger partial charge in [-0.3, -0.25) is 9.59 Å². The summed E-state index contributed by atoms with van der Waals surface area (Å²) >= 11 is 0. The second-order valence-corrected chi connectivity index (χ2v) is 3.13. The highest BCUT2D eigenvalue weighted by Crippen LogP contribution is 2.17. The summed E-state index contributed by atoms with van der Waals surface area (Å²) in [6, 6.07) is 1.27. The Morgan fingerprint density at radius 2 is 1.71 bits per heavy atom. The summed E-state index contributed by atoms with van der Waals surface area (Å²) in [5.74, 6) is -4.90. The van der Waals surface area contributed by atoms with Crippen molar-refractivity contribution in [2.24, 2.45) is 0 Å². The molecule has 3 N–H and O–H groups in total. The van der Waals surface area contributed by atoms with Crippen molar-refractivity contribution in [2.45, 2.75) is 6.29 Å². The molecule has 0 spiro atoms. The number of carbonyl (C=O) groups is 2. The minimum Gasteiger partial charge on any atom is -0.362 e. The van der Waals surface area contributed by atoms with Gasteiger partial charge < -0.3 is 15.5 Å². The summed E-state index contributed by atoms with van der Waals surface area (Å²) in [7, 11) is 1.27. The highest BCUT2D eigenvalue weighted by Gasteiger charge is 2.24. The van der Waals surface area contributed by atoms with Crippen molar-refractivity contribution in [3.05, 3.63) is 34.9 Å². The first-order chi connectivity index (χ1) is 7.88. The monoisotopic (exact) mass is 245 g/mol. The predicted molar refractivity (Wildman–Crippen MR) is 52.3 cm³/mol. The zero-order valence-electron chi connectivity index (χ0n) is 8.70. The lowest BCUT2D eigenvalue weighted by atomic mass is 10.1. The molecule has 1 amide bonds. The smallest absolute Gasteiger partial charge is 0.251 e. The molecular formula is C10H9F2NO4. The zero-order chi connectivity index (χ0) is 13.2. The predicted octanol–water partition coefficient (Wildman–Crippen LogP) is -0.182. The maximum Gasteiger partial charge on any atom is 0.251 e. The largest absolute Gasteiger partial charge is 0.362 e. The fraction of sp³-hybridized carbons (Fsp3) is 0.200. The van der Waals surface area contributed by atoms with Crippen LogP contribution in [-0.2, 0) is 0 Å². The minimum atomic E-state index is -2.51. The lowest BCUT2D eigenvalue weighted by molar-refractivity contribution is -0.0201. The van der Waals surface area contributed by atoms with Gasteiger partial charge in [-0.15, -0.1) is 0 Å². The van der Waals surface area contributed by atoms with Gasteiger partial charge in [0.05, 0.1) is 5.56 Å². The van der Waals surface area contributed by atoms with E-state index in [2.05, 4.69) is 5.32 Å². The molecule has 1 rings (SSSR count). The van der Waals surface area contributed by atoms with Crippen LogP contribution in [0.5, 0.6) is 0 Å². The van der Waals surface area contributed by atoms with Gasteiger partial charge in [0.1, 0.15) is 11.6 Å². The Hall–Kier alpha value is -1.86. The van der Waals surface area contributed by atoms with Gasteiger partial charge in [0.15, 0.2) is 0 Å². The van der Waals surface area contributed by atoms with Crippen LogP contribution in [0.4, 0.5) is 8.78 Å². The number of aliphatic hydroxyl groups excluding tert-OH is 1. The van der Waals surface area contributed by atoms with Gasteiger partial charge >= 0.3 is 0 Å². The van der Waals surface area contributed by atoms with Crippen molar-refractivity contribution in [2.75, 3.05) is 7.05 Å². The summed E-state index contributed by atoms with van der Waals surface area (Å²) in [6.45, 7) is 0. The molecule has 0 bridgehead atoms. The van der Waals surface area contributed by atoms with Gasteiger partial charge in [0, 0.05) is 12.6 Å². The average molecular weight is 245 g/mol. The minimum absolute atomic E-state index is 0.313. The maximum absolute atomic E-state index is 13.4. The Balaban J connectivity index is 3.29. The van der Waals surface area contributed by atoms with Crippen LogP contribution >= 0.6 is 0 Å². The molecule has 0 saturated carbocycles. The second kappa shape index (κ2) is 4.98. The van der Waals surface area contributed by atoms with Crippen molar-refractivity contribution < 1.29 is 28.6 Å². The summed E-state index contributed by atoms with van der Waals surface area (Å²) in [6.07, 6.45) is -2.51. The third-order valence-corrected chi connectivity index (χ3v) is 2.01. The van der Waals surface area contributed by atoms with Crippen LogP contribution in [0.15, 0.2) is 12.1 Å². The highest BCUT2D eigenvalue weighted by atomic mass is 19.1. The summed E-state index contributed by atoms with van der Waals surface area (Å²) in [4.78, 5) is 22.2. The number of nitrogens with one attached hydrogen (secondary N) is 1. The van der Waals surface area contributed by atoms with Crippen LogP contribution in [0.2, 0.25) is 0 Å². The number of rotatable bonds is 3. The van der Waals surface area contributed by atoms with Gasteiger partial charge in [-0.1, -0.05) is 0 Å². The molecule has 0 heterocycles. The standard InChI is InChI=1S/C10H9F2NO4/c1-13-9(15)4-2-5(11)7(6(12)3-4)8(14)10(16)17/h2-3,10,16-17H,1H3,(H,13,15). The Morgan fingerprint density at radius 1 is 1.24 bits per heavy atom. The summed E-state index contributed by atoms with van der Waals surface area (Å²) in [5.41, 5.74) is -1.40. The van der Waals surface area contributed by atoms with E-state index in [-0.39, 0.29) is 5.56 Å². The first kappa shape index (κ1) is 13.2. The Bertz CT molecular complexity index is 450. The summed E-state index contributed by atoms with van der Waals surface area (Å²) < 4.78 is 26.7. The van der Waals surface area contributed by atoms with Gasteiger partial charge in [-0.25, -0.2) is 8.78 Å². The second-order valence-electron chi connectivity index (χ2n) is 3.13. The van der Waals surface area contributed by atoms with Crippen LogP contribution < -0.4 is 5.32 Å². The maximum atomic E-state index is 13.4. The number of amides is 1. The first-order valence-corrected chi connectivity index (χ1v) is 4.50. The Kier molecular flexibility index (Phi) is 3.87. The molecule has 0 aliphatic heterocycles. The third-order valence-electron chi connectivity index (χ3n) is 2.01. The molecule has 0 atom stereocenters. The van der Waals surface area contributed by atoms with Crippen molar-refractivity contribution in [3.8, 4) is 0 Å². The number of hydrogen-bond acceptors (Lipinski definition) is 4.